The number of fused-ring (bicyclic) bond motifs is 1. The van der Waals surface area contributed by atoms with Crippen molar-refractivity contribution in [3.05, 3.63) is 59.2 Å². The predicted molar refractivity (Wildman–Crippen MR) is 106 cm³/mol. The molecular weight excluding hydrogens is 352 g/mol. The highest BCUT2D eigenvalue weighted by Gasteiger charge is 2.41. The Morgan fingerprint density at radius 3 is 2.75 bits per heavy atom. The van der Waals surface area contributed by atoms with Gasteiger partial charge in [0.2, 0.25) is 5.88 Å². The Hall–Kier alpha value is -3.22. The van der Waals surface area contributed by atoms with Gasteiger partial charge in [0.05, 0.1) is 18.5 Å². The standard InChI is InChI=1S/C21H22N6O/c1-12-7-13(2)27-20(23-12)11-18(25-27)19-10-17(24-26(19)3)16-9-15(16)14-5-6-22-21(8-14)28-4/h5-8,10-11,15-16H,9H2,1-4H3. The monoisotopic (exact) mass is 374 g/mol. The molecule has 28 heavy (non-hydrogen) atoms. The van der Waals surface area contributed by atoms with Crippen LogP contribution in [0, 0.1) is 13.8 Å². The minimum absolute atomic E-state index is 0.422. The van der Waals surface area contributed by atoms with Gasteiger partial charge in [-0.2, -0.15) is 10.2 Å². The zero-order valence-corrected chi connectivity index (χ0v) is 16.4. The van der Waals surface area contributed by atoms with Crippen molar-refractivity contribution >= 4 is 5.65 Å². The van der Waals surface area contributed by atoms with E-state index in [1.165, 1.54) is 5.56 Å². The number of hydrogen-bond acceptors (Lipinski definition) is 5. The van der Waals surface area contributed by atoms with Crippen LogP contribution in [-0.2, 0) is 7.05 Å². The predicted octanol–water partition coefficient (Wildman–Crippen LogP) is 3.42. The van der Waals surface area contributed by atoms with E-state index in [1.54, 1.807) is 13.3 Å². The molecular formula is C21H22N6O. The summed E-state index contributed by atoms with van der Waals surface area (Å²) in [6.45, 7) is 4.05. The smallest absolute Gasteiger partial charge is 0.213 e. The average Bonchev–Trinajstić information content (AvgIpc) is 3.22. The quantitative estimate of drug-likeness (QED) is 0.547. The summed E-state index contributed by atoms with van der Waals surface area (Å²) in [6.07, 6.45) is 2.90. The van der Waals surface area contributed by atoms with E-state index in [1.807, 2.05) is 48.3 Å². The molecule has 0 N–H and O–H groups in total. The second kappa shape index (κ2) is 6.15. The molecule has 1 aliphatic rings. The lowest BCUT2D eigenvalue weighted by atomic mass is 10.1. The van der Waals surface area contributed by atoms with Crippen molar-refractivity contribution in [2.75, 3.05) is 7.11 Å². The van der Waals surface area contributed by atoms with Gasteiger partial charge in [-0.15, -0.1) is 0 Å². The van der Waals surface area contributed by atoms with E-state index in [2.05, 4.69) is 22.1 Å². The average molecular weight is 374 g/mol. The van der Waals surface area contributed by atoms with Gasteiger partial charge in [0.15, 0.2) is 5.65 Å². The number of aromatic nitrogens is 6. The lowest BCUT2D eigenvalue weighted by molar-refractivity contribution is 0.397. The first-order chi connectivity index (χ1) is 13.5. The highest BCUT2D eigenvalue weighted by molar-refractivity contribution is 5.62. The number of pyridine rings is 1. The fraction of sp³-hybridized carbons (Fsp3) is 0.333. The normalized spacial score (nSPS) is 18.6. The molecule has 5 rings (SSSR count). The van der Waals surface area contributed by atoms with Crippen LogP contribution in [0.5, 0.6) is 5.88 Å². The molecule has 7 nitrogen and oxygen atoms in total. The van der Waals surface area contributed by atoms with Gasteiger partial charge in [-0.3, -0.25) is 4.68 Å². The summed E-state index contributed by atoms with van der Waals surface area (Å²) in [5.41, 5.74) is 7.20. The Labute approximate surface area is 163 Å². The molecule has 0 saturated heterocycles. The van der Waals surface area contributed by atoms with Crippen LogP contribution in [0.2, 0.25) is 0 Å². The first-order valence-corrected chi connectivity index (χ1v) is 9.42. The van der Waals surface area contributed by atoms with E-state index in [-0.39, 0.29) is 0 Å². The SMILES string of the molecule is COc1cc(C2CC2c2cc(-c3cc4nc(C)cc(C)n4n3)n(C)n2)ccn1. The molecule has 1 fully saturated rings. The highest BCUT2D eigenvalue weighted by Crippen LogP contribution is 2.54. The Balaban J connectivity index is 1.46. The summed E-state index contributed by atoms with van der Waals surface area (Å²) >= 11 is 0. The molecule has 4 heterocycles. The van der Waals surface area contributed by atoms with Crippen LogP contribution in [0.15, 0.2) is 36.5 Å². The molecule has 0 aliphatic heterocycles. The van der Waals surface area contributed by atoms with E-state index in [0.29, 0.717) is 17.7 Å². The molecule has 2 atom stereocenters. The number of hydrogen-bond donors (Lipinski definition) is 0. The number of ether oxygens (including phenoxy) is 1. The van der Waals surface area contributed by atoms with Gasteiger partial charge < -0.3 is 4.74 Å². The Bertz CT molecular complexity index is 1190. The number of nitrogens with zero attached hydrogens (tertiary/aromatic N) is 6. The highest BCUT2D eigenvalue weighted by atomic mass is 16.5. The van der Waals surface area contributed by atoms with Crippen molar-refractivity contribution in [3.63, 3.8) is 0 Å². The van der Waals surface area contributed by atoms with E-state index < -0.39 is 0 Å². The van der Waals surface area contributed by atoms with Gasteiger partial charge in [-0.25, -0.2) is 14.5 Å². The Kier molecular flexibility index (Phi) is 3.72. The molecule has 0 aromatic carbocycles. The largest absolute Gasteiger partial charge is 0.481 e. The maximum absolute atomic E-state index is 5.25. The molecule has 1 saturated carbocycles. The molecule has 7 heteroatoms. The fourth-order valence-corrected chi connectivity index (χ4v) is 3.98. The third-order valence-corrected chi connectivity index (χ3v) is 5.46. The summed E-state index contributed by atoms with van der Waals surface area (Å²) in [7, 11) is 3.62. The van der Waals surface area contributed by atoms with E-state index in [4.69, 9.17) is 14.9 Å². The van der Waals surface area contributed by atoms with Gasteiger partial charge in [-0.1, -0.05) is 0 Å². The molecule has 0 amide bonds. The Morgan fingerprint density at radius 1 is 1.07 bits per heavy atom. The maximum atomic E-state index is 5.25. The van der Waals surface area contributed by atoms with Crippen molar-refractivity contribution in [1.82, 2.24) is 29.4 Å². The van der Waals surface area contributed by atoms with Crippen molar-refractivity contribution in [2.45, 2.75) is 32.1 Å². The summed E-state index contributed by atoms with van der Waals surface area (Å²) in [5, 5.41) is 9.52. The fourth-order valence-electron chi connectivity index (χ4n) is 3.98. The molecule has 0 spiro atoms. The number of aryl methyl sites for hydroxylation is 3. The van der Waals surface area contributed by atoms with Crippen molar-refractivity contribution in [1.29, 1.82) is 0 Å². The number of rotatable bonds is 4. The molecule has 1 aliphatic carbocycles. The molecule has 4 aromatic rings. The van der Waals surface area contributed by atoms with Gasteiger partial charge in [0.25, 0.3) is 0 Å². The van der Waals surface area contributed by atoms with Crippen LogP contribution < -0.4 is 4.74 Å². The molecule has 4 aromatic heterocycles. The number of methoxy groups -OCH3 is 1. The van der Waals surface area contributed by atoms with Crippen LogP contribution in [-0.4, -0.2) is 36.5 Å². The summed E-state index contributed by atoms with van der Waals surface area (Å²) in [5.74, 6) is 1.55. The minimum atomic E-state index is 0.422. The lowest BCUT2D eigenvalue weighted by Gasteiger charge is -2.02. The zero-order chi connectivity index (χ0) is 19.4. The van der Waals surface area contributed by atoms with Crippen LogP contribution in [0.25, 0.3) is 17.0 Å². The first-order valence-electron chi connectivity index (χ1n) is 9.42. The molecule has 0 radical (unpaired) electrons. The van der Waals surface area contributed by atoms with Crippen LogP contribution >= 0.6 is 0 Å². The van der Waals surface area contributed by atoms with E-state index >= 15 is 0 Å². The van der Waals surface area contributed by atoms with Gasteiger partial charge in [0, 0.05) is 42.7 Å². The van der Waals surface area contributed by atoms with E-state index in [9.17, 15) is 0 Å². The topological polar surface area (TPSA) is 70.1 Å². The summed E-state index contributed by atoms with van der Waals surface area (Å²) in [4.78, 5) is 8.79. The third kappa shape index (κ3) is 2.74. The van der Waals surface area contributed by atoms with Crippen LogP contribution in [0.1, 0.15) is 40.9 Å². The second-order valence-corrected chi connectivity index (χ2v) is 7.50. The first kappa shape index (κ1) is 16.9. The molecule has 142 valence electrons. The third-order valence-electron chi connectivity index (χ3n) is 5.46. The summed E-state index contributed by atoms with van der Waals surface area (Å²) in [6, 6.07) is 10.3. The second-order valence-electron chi connectivity index (χ2n) is 7.50. The van der Waals surface area contributed by atoms with Gasteiger partial charge >= 0.3 is 0 Å². The van der Waals surface area contributed by atoms with Gasteiger partial charge in [0.1, 0.15) is 5.69 Å². The summed E-state index contributed by atoms with van der Waals surface area (Å²) < 4.78 is 9.06. The minimum Gasteiger partial charge on any atom is -0.481 e. The molecule has 0 bridgehead atoms. The molecule has 2 unspecified atom stereocenters. The zero-order valence-electron chi connectivity index (χ0n) is 16.4. The van der Waals surface area contributed by atoms with Crippen molar-refractivity contribution in [3.8, 4) is 17.3 Å². The Morgan fingerprint density at radius 2 is 1.93 bits per heavy atom. The lowest BCUT2D eigenvalue weighted by Crippen LogP contribution is -1.98. The van der Waals surface area contributed by atoms with Crippen LogP contribution in [0.4, 0.5) is 0 Å². The maximum Gasteiger partial charge on any atom is 0.213 e. The van der Waals surface area contributed by atoms with Crippen LogP contribution in [0.3, 0.4) is 0 Å². The van der Waals surface area contributed by atoms with Crippen molar-refractivity contribution in [2.24, 2.45) is 7.05 Å². The van der Waals surface area contributed by atoms with Gasteiger partial charge in [-0.05, 0) is 49.9 Å². The van der Waals surface area contributed by atoms with E-state index in [0.717, 1.165) is 40.5 Å². The van der Waals surface area contributed by atoms with Crippen molar-refractivity contribution < 1.29 is 4.74 Å².